The van der Waals surface area contributed by atoms with Gasteiger partial charge in [-0.15, -0.1) is 0 Å². The standard InChI is InChI=1S/C19H21NO4/c1-3-4-12-23-18-13-16(20-19(21)22-2)10-11-17(18)24-14-15-8-6-5-7-9-15/h4-13H,3,14H2,1-2H3,(H,20,21)/b12-4+. The average molecular weight is 327 g/mol. The predicted molar refractivity (Wildman–Crippen MR) is 93.3 cm³/mol. The summed E-state index contributed by atoms with van der Waals surface area (Å²) in [6.07, 6.45) is 3.82. The van der Waals surface area contributed by atoms with Crippen molar-refractivity contribution < 1.29 is 19.0 Å². The molecule has 1 N–H and O–H groups in total. The zero-order valence-corrected chi connectivity index (χ0v) is 13.8. The normalized spacial score (nSPS) is 10.4. The molecular formula is C19H21NO4. The number of amides is 1. The van der Waals surface area contributed by atoms with E-state index in [0.29, 0.717) is 23.8 Å². The van der Waals surface area contributed by atoms with Crippen molar-refractivity contribution in [2.45, 2.75) is 20.0 Å². The molecule has 0 aliphatic carbocycles. The van der Waals surface area contributed by atoms with Crippen LogP contribution in [0.4, 0.5) is 10.5 Å². The Morgan fingerprint density at radius 3 is 2.62 bits per heavy atom. The molecule has 126 valence electrons. The van der Waals surface area contributed by atoms with E-state index in [4.69, 9.17) is 9.47 Å². The highest BCUT2D eigenvalue weighted by Crippen LogP contribution is 2.31. The lowest BCUT2D eigenvalue weighted by Crippen LogP contribution is -2.11. The number of hydrogen-bond acceptors (Lipinski definition) is 4. The highest BCUT2D eigenvalue weighted by Gasteiger charge is 2.09. The van der Waals surface area contributed by atoms with Crippen LogP contribution in [0.1, 0.15) is 18.9 Å². The molecule has 24 heavy (non-hydrogen) atoms. The molecule has 0 saturated carbocycles. The summed E-state index contributed by atoms with van der Waals surface area (Å²) in [4.78, 5) is 11.3. The molecule has 2 aromatic carbocycles. The van der Waals surface area contributed by atoms with Crippen molar-refractivity contribution >= 4 is 11.8 Å². The van der Waals surface area contributed by atoms with Crippen LogP contribution in [-0.4, -0.2) is 13.2 Å². The summed E-state index contributed by atoms with van der Waals surface area (Å²) in [6.45, 7) is 2.44. The maximum absolute atomic E-state index is 11.3. The minimum Gasteiger partial charge on any atom is -0.485 e. The third kappa shape index (κ3) is 5.35. The SMILES string of the molecule is CC/C=C/Oc1cc(NC(=O)OC)ccc1OCc1ccccc1. The Kier molecular flexibility index (Phi) is 6.71. The van der Waals surface area contributed by atoms with E-state index in [9.17, 15) is 4.79 Å². The number of hydrogen-bond donors (Lipinski definition) is 1. The van der Waals surface area contributed by atoms with Gasteiger partial charge in [0, 0.05) is 11.8 Å². The molecule has 0 unspecified atom stereocenters. The average Bonchev–Trinajstić information content (AvgIpc) is 2.62. The largest absolute Gasteiger partial charge is 0.485 e. The highest BCUT2D eigenvalue weighted by atomic mass is 16.5. The van der Waals surface area contributed by atoms with Crippen molar-refractivity contribution in [3.05, 3.63) is 66.4 Å². The van der Waals surface area contributed by atoms with Crippen molar-refractivity contribution in [3.8, 4) is 11.5 Å². The Morgan fingerprint density at radius 2 is 1.92 bits per heavy atom. The van der Waals surface area contributed by atoms with E-state index in [-0.39, 0.29) is 0 Å². The second kappa shape index (κ2) is 9.25. The Bertz CT molecular complexity index is 683. The molecule has 0 radical (unpaired) electrons. The van der Waals surface area contributed by atoms with Crippen LogP contribution in [0.15, 0.2) is 60.9 Å². The van der Waals surface area contributed by atoms with Crippen molar-refractivity contribution in [1.29, 1.82) is 0 Å². The summed E-state index contributed by atoms with van der Waals surface area (Å²) in [5.41, 5.74) is 1.62. The number of methoxy groups -OCH3 is 1. The van der Waals surface area contributed by atoms with Crippen LogP contribution in [0.3, 0.4) is 0 Å². The Morgan fingerprint density at radius 1 is 1.12 bits per heavy atom. The van der Waals surface area contributed by atoms with Crippen molar-refractivity contribution in [2.75, 3.05) is 12.4 Å². The molecule has 1 amide bonds. The van der Waals surface area contributed by atoms with Gasteiger partial charge in [0.1, 0.15) is 6.61 Å². The fourth-order valence-corrected chi connectivity index (χ4v) is 1.92. The lowest BCUT2D eigenvalue weighted by atomic mass is 10.2. The fourth-order valence-electron chi connectivity index (χ4n) is 1.92. The molecule has 0 aliphatic heterocycles. The highest BCUT2D eigenvalue weighted by molar-refractivity contribution is 5.85. The van der Waals surface area contributed by atoms with E-state index in [0.717, 1.165) is 12.0 Å². The summed E-state index contributed by atoms with van der Waals surface area (Å²) in [7, 11) is 1.31. The Hall–Kier alpha value is -2.95. The lowest BCUT2D eigenvalue weighted by Gasteiger charge is -2.13. The smallest absolute Gasteiger partial charge is 0.411 e. The molecule has 0 saturated heterocycles. The number of nitrogens with one attached hydrogen (secondary N) is 1. The third-order valence-corrected chi connectivity index (χ3v) is 3.14. The molecule has 0 atom stereocenters. The molecule has 2 rings (SSSR count). The van der Waals surface area contributed by atoms with Gasteiger partial charge >= 0.3 is 6.09 Å². The van der Waals surface area contributed by atoms with Crippen molar-refractivity contribution in [1.82, 2.24) is 0 Å². The number of rotatable bonds is 7. The molecule has 2 aromatic rings. The molecular weight excluding hydrogens is 306 g/mol. The number of carbonyl (C=O) groups excluding carboxylic acids is 1. The Balaban J connectivity index is 2.14. The van der Waals surface area contributed by atoms with Crippen LogP contribution >= 0.6 is 0 Å². The van der Waals surface area contributed by atoms with Crippen molar-refractivity contribution in [3.63, 3.8) is 0 Å². The topological polar surface area (TPSA) is 56.8 Å². The summed E-state index contributed by atoms with van der Waals surface area (Å²) in [6, 6.07) is 15.0. The first-order chi connectivity index (χ1) is 11.7. The molecule has 5 nitrogen and oxygen atoms in total. The number of benzene rings is 2. The van der Waals surface area contributed by atoms with Crippen LogP contribution in [0, 0.1) is 0 Å². The van der Waals surface area contributed by atoms with Gasteiger partial charge in [-0.05, 0) is 30.2 Å². The minimum atomic E-state index is -0.539. The first kappa shape index (κ1) is 17.4. The molecule has 0 fully saturated rings. The van der Waals surface area contributed by atoms with E-state index in [1.165, 1.54) is 7.11 Å². The van der Waals surface area contributed by atoms with Crippen LogP contribution < -0.4 is 14.8 Å². The minimum absolute atomic E-state index is 0.429. The summed E-state index contributed by atoms with van der Waals surface area (Å²) < 4.78 is 16.1. The van der Waals surface area contributed by atoms with Gasteiger partial charge in [0.05, 0.1) is 13.4 Å². The monoisotopic (exact) mass is 327 g/mol. The number of ether oxygens (including phenoxy) is 3. The second-order valence-electron chi connectivity index (χ2n) is 4.95. The molecule has 0 bridgehead atoms. The van der Waals surface area contributed by atoms with E-state index in [2.05, 4.69) is 10.1 Å². The first-order valence-electron chi connectivity index (χ1n) is 7.70. The van der Waals surface area contributed by atoms with Gasteiger partial charge in [0.25, 0.3) is 0 Å². The second-order valence-corrected chi connectivity index (χ2v) is 4.95. The summed E-state index contributed by atoms with van der Waals surface area (Å²) >= 11 is 0. The molecule has 0 aromatic heterocycles. The summed E-state index contributed by atoms with van der Waals surface area (Å²) in [5.74, 6) is 1.11. The van der Waals surface area contributed by atoms with Gasteiger partial charge in [-0.25, -0.2) is 4.79 Å². The van der Waals surface area contributed by atoms with Gasteiger partial charge in [-0.3, -0.25) is 5.32 Å². The van der Waals surface area contributed by atoms with E-state index >= 15 is 0 Å². The fraction of sp³-hybridized carbons (Fsp3) is 0.211. The van der Waals surface area contributed by atoms with Gasteiger partial charge in [-0.2, -0.15) is 0 Å². The maximum Gasteiger partial charge on any atom is 0.411 e. The third-order valence-electron chi connectivity index (χ3n) is 3.14. The van der Waals surface area contributed by atoms with Crippen molar-refractivity contribution in [2.24, 2.45) is 0 Å². The van der Waals surface area contributed by atoms with E-state index in [1.54, 1.807) is 24.5 Å². The number of carbonyl (C=O) groups is 1. The van der Waals surface area contributed by atoms with E-state index < -0.39 is 6.09 Å². The number of anilines is 1. The molecule has 0 aliphatic rings. The lowest BCUT2D eigenvalue weighted by molar-refractivity contribution is 0.187. The van der Waals surface area contributed by atoms with Gasteiger partial charge in [0.15, 0.2) is 11.5 Å². The van der Waals surface area contributed by atoms with Crippen LogP contribution in [0.5, 0.6) is 11.5 Å². The molecule has 0 heterocycles. The van der Waals surface area contributed by atoms with Gasteiger partial charge in [-0.1, -0.05) is 37.3 Å². The maximum atomic E-state index is 11.3. The van der Waals surface area contributed by atoms with Crippen LogP contribution in [0.2, 0.25) is 0 Å². The van der Waals surface area contributed by atoms with Gasteiger partial charge in [0.2, 0.25) is 0 Å². The molecule has 0 spiro atoms. The summed E-state index contributed by atoms with van der Waals surface area (Å²) in [5, 5.41) is 2.60. The predicted octanol–water partition coefficient (Wildman–Crippen LogP) is 4.75. The van der Waals surface area contributed by atoms with Crippen LogP contribution in [0.25, 0.3) is 0 Å². The number of allylic oxidation sites excluding steroid dienone is 1. The molecule has 5 heteroatoms. The first-order valence-corrected chi connectivity index (χ1v) is 7.70. The zero-order chi connectivity index (χ0) is 17.2. The van der Waals surface area contributed by atoms with Gasteiger partial charge < -0.3 is 14.2 Å². The van der Waals surface area contributed by atoms with E-state index in [1.807, 2.05) is 43.3 Å². The Labute approximate surface area is 141 Å². The quantitative estimate of drug-likeness (QED) is 0.746. The van der Waals surface area contributed by atoms with Crippen LogP contribution in [-0.2, 0) is 11.3 Å². The zero-order valence-electron chi connectivity index (χ0n) is 13.8.